The predicted octanol–water partition coefficient (Wildman–Crippen LogP) is -1.02. The molecule has 0 aliphatic heterocycles. The highest BCUT2D eigenvalue weighted by Gasteiger charge is 2.12. The molecular weight excluding hydrogens is 213 g/mol. The van der Waals surface area contributed by atoms with Gasteiger partial charge in [-0.1, -0.05) is 0 Å². The van der Waals surface area contributed by atoms with Crippen LogP contribution in [-0.2, 0) is 13.9 Å². The average molecular weight is 227 g/mol. The summed E-state index contributed by atoms with van der Waals surface area (Å²) >= 11 is 0. The molecular formula is C6H14NO6P. The highest BCUT2D eigenvalue weighted by molar-refractivity contribution is 7.46. The van der Waals surface area contributed by atoms with Gasteiger partial charge in [0.05, 0.1) is 6.61 Å². The van der Waals surface area contributed by atoms with Gasteiger partial charge in [0.15, 0.2) is 0 Å². The Balaban J connectivity index is 3.36. The van der Waals surface area contributed by atoms with Gasteiger partial charge in [0.2, 0.25) is 5.91 Å². The molecule has 0 spiro atoms. The first-order valence-corrected chi connectivity index (χ1v) is 5.56. The van der Waals surface area contributed by atoms with E-state index in [1.807, 2.05) is 0 Å². The maximum Gasteiger partial charge on any atom is 0.469 e. The highest BCUT2D eigenvalue weighted by Crippen LogP contribution is 2.34. The summed E-state index contributed by atoms with van der Waals surface area (Å²) < 4.78 is 14.3. The van der Waals surface area contributed by atoms with Gasteiger partial charge in [-0.15, -0.1) is 0 Å². The van der Waals surface area contributed by atoms with Crippen molar-refractivity contribution in [3.8, 4) is 0 Å². The Morgan fingerprint density at radius 1 is 1.43 bits per heavy atom. The first-order valence-electron chi connectivity index (χ1n) is 4.03. The lowest BCUT2D eigenvalue weighted by atomic mass is 10.3. The molecule has 0 aliphatic carbocycles. The monoisotopic (exact) mass is 227 g/mol. The number of carbonyl (C=O) groups is 1. The molecule has 0 aromatic carbocycles. The Kier molecular flexibility index (Phi) is 6.69. The predicted molar refractivity (Wildman–Crippen MR) is 47.3 cm³/mol. The van der Waals surface area contributed by atoms with Crippen LogP contribution in [0.15, 0.2) is 0 Å². The zero-order chi connectivity index (χ0) is 11.0. The van der Waals surface area contributed by atoms with Crippen molar-refractivity contribution in [2.75, 3.05) is 19.8 Å². The van der Waals surface area contributed by atoms with Crippen LogP contribution in [0.4, 0.5) is 0 Å². The number of phosphoric acid groups is 1. The topological polar surface area (TPSA) is 116 Å². The van der Waals surface area contributed by atoms with E-state index in [9.17, 15) is 9.36 Å². The molecule has 0 rings (SSSR count). The van der Waals surface area contributed by atoms with Crippen molar-refractivity contribution in [1.29, 1.82) is 0 Å². The zero-order valence-electron chi connectivity index (χ0n) is 7.55. The van der Waals surface area contributed by atoms with Crippen LogP contribution in [0.25, 0.3) is 0 Å². The van der Waals surface area contributed by atoms with E-state index < -0.39 is 7.82 Å². The second-order valence-corrected chi connectivity index (χ2v) is 3.74. The van der Waals surface area contributed by atoms with E-state index in [-0.39, 0.29) is 32.1 Å². The molecule has 0 saturated heterocycles. The zero-order valence-corrected chi connectivity index (χ0v) is 8.44. The van der Waals surface area contributed by atoms with Crippen LogP contribution >= 0.6 is 7.82 Å². The molecule has 1 amide bonds. The summed E-state index contributed by atoms with van der Waals surface area (Å²) in [4.78, 5) is 27.4. The number of hydrogen-bond donors (Lipinski definition) is 4. The smallest absolute Gasteiger partial charge is 0.396 e. The van der Waals surface area contributed by atoms with Crippen molar-refractivity contribution >= 4 is 13.7 Å². The SMILES string of the molecule is O=C(CCCO)NCCOP(=O)(O)O. The average Bonchev–Trinajstić information content (AvgIpc) is 2.07. The van der Waals surface area contributed by atoms with Crippen molar-refractivity contribution < 1.29 is 28.8 Å². The second-order valence-electron chi connectivity index (χ2n) is 2.50. The van der Waals surface area contributed by atoms with E-state index in [0.717, 1.165) is 0 Å². The molecule has 84 valence electrons. The van der Waals surface area contributed by atoms with Gasteiger partial charge in [-0.25, -0.2) is 4.57 Å². The Morgan fingerprint density at radius 2 is 2.07 bits per heavy atom. The minimum atomic E-state index is -4.44. The van der Waals surface area contributed by atoms with Gasteiger partial charge in [0.1, 0.15) is 0 Å². The summed E-state index contributed by atoms with van der Waals surface area (Å²) in [6, 6.07) is 0. The van der Waals surface area contributed by atoms with E-state index in [1.165, 1.54) is 0 Å². The number of aliphatic hydroxyl groups excluding tert-OH is 1. The van der Waals surface area contributed by atoms with Crippen LogP contribution in [-0.4, -0.2) is 40.6 Å². The van der Waals surface area contributed by atoms with E-state index in [2.05, 4.69) is 9.84 Å². The molecule has 0 unspecified atom stereocenters. The number of hydrogen-bond acceptors (Lipinski definition) is 4. The fraction of sp³-hybridized carbons (Fsp3) is 0.833. The van der Waals surface area contributed by atoms with Gasteiger partial charge in [-0.3, -0.25) is 9.32 Å². The lowest BCUT2D eigenvalue weighted by Crippen LogP contribution is -2.26. The summed E-state index contributed by atoms with van der Waals surface area (Å²) in [5, 5.41) is 10.8. The molecule has 0 atom stereocenters. The summed E-state index contributed by atoms with van der Waals surface area (Å²) in [6.45, 7) is -0.267. The van der Waals surface area contributed by atoms with Crippen LogP contribution in [0.1, 0.15) is 12.8 Å². The fourth-order valence-corrected chi connectivity index (χ4v) is 1.01. The van der Waals surface area contributed by atoms with Crippen molar-refractivity contribution in [1.82, 2.24) is 5.32 Å². The van der Waals surface area contributed by atoms with Crippen LogP contribution in [0.3, 0.4) is 0 Å². The third-order valence-corrected chi connectivity index (χ3v) is 1.76. The lowest BCUT2D eigenvalue weighted by Gasteiger charge is -2.06. The molecule has 0 aliphatic rings. The number of nitrogens with one attached hydrogen (secondary N) is 1. The molecule has 0 aromatic heterocycles. The number of aliphatic hydroxyl groups is 1. The Bertz CT molecular complexity index is 214. The number of carbonyl (C=O) groups excluding carboxylic acids is 1. The third-order valence-electron chi connectivity index (χ3n) is 1.25. The van der Waals surface area contributed by atoms with E-state index >= 15 is 0 Å². The Labute approximate surface area is 81.3 Å². The Hall–Kier alpha value is -0.460. The summed E-state index contributed by atoms with van der Waals surface area (Å²) in [6.07, 6.45) is 0.553. The first-order chi connectivity index (χ1) is 6.45. The highest BCUT2D eigenvalue weighted by atomic mass is 31.2. The second kappa shape index (κ2) is 6.92. The van der Waals surface area contributed by atoms with Gasteiger partial charge in [-0.05, 0) is 6.42 Å². The van der Waals surface area contributed by atoms with Gasteiger partial charge < -0.3 is 20.2 Å². The summed E-state index contributed by atoms with van der Waals surface area (Å²) in [7, 11) is -4.44. The minimum Gasteiger partial charge on any atom is -0.396 e. The van der Waals surface area contributed by atoms with Crippen molar-refractivity contribution in [3.05, 3.63) is 0 Å². The summed E-state index contributed by atoms with van der Waals surface area (Å²) in [5.41, 5.74) is 0. The van der Waals surface area contributed by atoms with E-state index in [1.54, 1.807) is 0 Å². The number of phosphoric ester groups is 1. The molecule has 0 fully saturated rings. The molecule has 7 nitrogen and oxygen atoms in total. The lowest BCUT2D eigenvalue weighted by molar-refractivity contribution is -0.121. The maximum absolute atomic E-state index is 10.9. The molecule has 8 heteroatoms. The van der Waals surface area contributed by atoms with Crippen molar-refractivity contribution in [2.45, 2.75) is 12.8 Å². The largest absolute Gasteiger partial charge is 0.469 e. The van der Waals surface area contributed by atoms with Crippen LogP contribution in [0.2, 0.25) is 0 Å². The molecule has 14 heavy (non-hydrogen) atoms. The van der Waals surface area contributed by atoms with Gasteiger partial charge in [0, 0.05) is 19.6 Å². The van der Waals surface area contributed by atoms with Crippen LogP contribution in [0, 0.1) is 0 Å². The van der Waals surface area contributed by atoms with Crippen molar-refractivity contribution in [2.24, 2.45) is 0 Å². The number of rotatable bonds is 7. The first kappa shape index (κ1) is 13.5. The molecule has 0 aromatic rings. The normalized spacial score (nSPS) is 11.4. The van der Waals surface area contributed by atoms with Gasteiger partial charge in [0.25, 0.3) is 0 Å². The minimum absolute atomic E-state index is 0.0371. The third kappa shape index (κ3) is 9.63. The molecule has 0 radical (unpaired) electrons. The van der Waals surface area contributed by atoms with E-state index in [0.29, 0.717) is 6.42 Å². The molecule has 0 saturated carbocycles. The fourth-order valence-electron chi connectivity index (χ4n) is 0.683. The molecule has 4 N–H and O–H groups in total. The number of amides is 1. The quantitative estimate of drug-likeness (QED) is 0.327. The van der Waals surface area contributed by atoms with Gasteiger partial charge >= 0.3 is 7.82 Å². The summed E-state index contributed by atoms with van der Waals surface area (Å²) in [5.74, 6) is -0.284. The maximum atomic E-state index is 10.9. The Morgan fingerprint density at radius 3 is 2.57 bits per heavy atom. The standard InChI is InChI=1S/C6H14NO6P/c8-4-1-2-6(9)7-3-5-13-14(10,11)12/h8H,1-5H2,(H,7,9)(H2,10,11,12). The molecule has 0 bridgehead atoms. The van der Waals surface area contributed by atoms with Crippen LogP contribution < -0.4 is 5.32 Å². The van der Waals surface area contributed by atoms with E-state index in [4.69, 9.17) is 14.9 Å². The van der Waals surface area contributed by atoms with Crippen molar-refractivity contribution in [3.63, 3.8) is 0 Å². The van der Waals surface area contributed by atoms with Gasteiger partial charge in [-0.2, -0.15) is 0 Å². The molecule has 0 heterocycles. The van der Waals surface area contributed by atoms with Crippen LogP contribution in [0.5, 0.6) is 0 Å².